The van der Waals surface area contributed by atoms with Crippen molar-refractivity contribution < 1.29 is 0 Å². The van der Waals surface area contributed by atoms with Gasteiger partial charge in [-0.1, -0.05) is 29.8 Å². The van der Waals surface area contributed by atoms with Crippen LogP contribution in [0.15, 0.2) is 46.6 Å². The Labute approximate surface area is 164 Å². The Bertz CT molecular complexity index is 1240. The summed E-state index contributed by atoms with van der Waals surface area (Å²) in [5, 5.41) is 9.81. The fraction of sp³-hybridized carbons (Fsp3) is 0.158. The molecule has 27 heavy (non-hydrogen) atoms. The maximum absolute atomic E-state index is 12.7. The number of aromatic nitrogens is 4. The van der Waals surface area contributed by atoms with E-state index in [0.717, 1.165) is 26.7 Å². The Morgan fingerprint density at radius 1 is 1.19 bits per heavy atom. The molecule has 0 saturated heterocycles. The van der Waals surface area contributed by atoms with Gasteiger partial charge in [0, 0.05) is 4.88 Å². The van der Waals surface area contributed by atoms with Gasteiger partial charge in [-0.25, -0.2) is 9.67 Å². The highest BCUT2D eigenvalue weighted by molar-refractivity contribution is 7.18. The van der Waals surface area contributed by atoms with Crippen molar-refractivity contribution in [1.29, 1.82) is 0 Å². The summed E-state index contributed by atoms with van der Waals surface area (Å²) >= 11 is 8.01. The van der Waals surface area contributed by atoms with Gasteiger partial charge in [-0.2, -0.15) is 14.9 Å². The van der Waals surface area contributed by atoms with Crippen LogP contribution >= 0.6 is 22.9 Å². The standard InChI is InChI=1S/C19H16ClN5OS/c1-11-13(3)27-18-16(11)19(26)24(10-21-18)22-9-15-12(2)23-25(17(15)20)14-7-5-4-6-8-14/h4-10H,1-3H3/b22-9+. The molecule has 8 heteroatoms. The van der Waals surface area contributed by atoms with E-state index >= 15 is 0 Å². The molecule has 0 aliphatic rings. The lowest BCUT2D eigenvalue weighted by atomic mass is 10.2. The fourth-order valence-corrected chi connectivity index (χ4v) is 4.13. The number of halogens is 1. The Hall–Kier alpha value is -2.77. The number of benzene rings is 1. The predicted molar refractivity (Wildman–Crippen MR) is 110 cm³/mol. The molecular weight excluding hydrogens is 382 g/mol. The molecule has 1 aromatic carbocycles. The van der Waals surface area contributed by atoms with E-state index < -0.39 is 0 Å². The Kier molecular flexibility index (Phi) is 4.41. The molecule has 0 aliphatic heterocycles. The molecule has 0 unspecified atom stereocenters. The van der Waals surface area contributed by atoms with E-state index in [2.05, 4.69) is 15.2 Å². The first-order valence-electron chi connectivity index (χ1n) is 8.29. The van der Waals surface area contributed by atoms with Gasteiger partial charge < -0.3 is 0 Å². The Morgan fingerprint density at radius 3 is 2.67 bits per heavy atom. The second-order valence-corrected chi connectivity index (χ2v) is 7.70. The summed E-state index contributed by atoms with van der Waals surface area (Å²) in [4.78, 5) is 18.9. The summed E-state index contributed by atoms with van der Waals surface area (Å²) in [6.07, 6.45) is 2.98. The maximum Gasteiger partial charge on any atom is 0.282 e. The topological polar surface area (TPSA) is 65.1 Å². The van der Waals surface area contributed by atoms with Crippen LogP contribution in [-0.4, -0.2) is 25.7 Å². The van der Waals surface area contributed by atoms with Crippen molar-refractivity contribution in [2.24, 2.45) is 5.10 Å². The van der Waals surface area contributed by atoms with E-state index in [1.54, 1.807) is 10.9 Å². The van der Waals surface area contributed by atoms with Crippen LogP contribution in [0.5, 0.6) is 0 Å². The van der Waals surface area contributed by atoms with Crippen LogP contribution in [-0.2, 0) is 0 Å². The van der Waals surface area contributed by atoms with Crippen molar-refractivity contribution in [3.05, 3.63) is 73.9 Å². The molecule has 0 aliphatic carbocycles. The van der Waals surface area contributed by atoms with E-state index in [1.165, 1.54) is 22.3 Å². The maximum atomic E-state index is 12.7. The van der Waals surface area contributed by atoms with Crippen molar-refractivity contribution in [2.45, 2.75) is 20.8 Å². The minimum absolute atomic E-state index is 0.192. The molecule has 3 aromatic heterocycles. The van der Waals surface area contributed by atoms with Crippen molar-refractivity contribution in [3.8, 4) is 5.69 Å². The largest absolute Gasteiger partial charge is 0.282 e. The molecule has 0 spiro atoms. The first-order valence-corrected chi connectivity index (χ1v) is 9.49. The minimum Gasteiger partial charge on any atom is -0.267 e. The van der Waals surface area contributed by atoms with Gasteiger partial charge in [0.05, 0.1) is 28.5 Å². The average molecular weight is 398 g/mol. The van der Waals surface area contributed by atoms with E-state index in [1.807, 2.05) is 51.1 Å². The number of fused-ring (bicyclic) bond motifs is 1. The van der Waals surface area contributed by atoms with Crippen LogP contribution in [0.4, 0.5) is 0 Å². The summed E-state index contributed by atoms with van der Waals surface area (Å²) in [5.74, 6) is 0. The second kappa shape index (κ2) is 6.75. The average Bonchev–Trinajstić information content (AvgIpc) is 3.12. The molecule has 0 radical (unpaired) electrons. The van der Waals surface area contributed by atoms with Gasteiger partial charge in [0.2, 0.25) is 0 Å². The lowest BCUT2D eigenvalue weighted by Crippen LogP contribution is -2.17. The van der Waals surface area contributed by atoms with Crippen LogP contribution < -0.4 is 5.56 Å². The van der Waals surface area contributed by atoms with Gasteiger partial charge in [0.25, 0.3) is 5.56 Å². The third kappa shape index (κ3) is 2.98. The molecule has 0 amide bonds. The summed E-state index contributed by atoms with van der Waals surface area (Å²) < 4.78 is 2.88. The number of thiophene rings is 1. The predicted octanol–water partition coefficient (Wildman–Crippen LogP) is 4.10. The van der Waals surface area contributed by atoms with Crippen LogP contribution in [0, 0.1) is 20.8 Å². The van der Waals surface area contributed by atoms with Crippen LogP contribution in [0.1, 0.15) is 21.7 Å². The van der Waals surface area contributed by atoms with Crippen molar-refractivity contribution >= 4 is 39.4 Å². The van der Waals surface area contributed by atoms with Gasteiger partial charge in [-0.05, 0) is 38.5 Å². The van der Waals surface area contributed by atoms with E-state index in [9.17, 15) is 4.79 Å². The number of rotatable bonds is 3. The summed E-state index contributed by atoms with van der Waals surface area (Å²) in [5.41, 5.74) is 2.99. The highest BCUT2D eigenvalue weighted by Gasteiger charge is 2.14. The first kappa shape index (κ1) is 17.6. The highest BCUT2D eigenvalue weighted by atomic mass is 35.5. The molecular formula is C19H16ClN5OS. The summed E-state index contributed by atoms with van der Waals surface area (Å²) in [6, 6.07) is 9.61. The zero-order valence-electron chi connectivity index (χ0n) is 15.0. The van der Waals surface area contributed by atoms with Gasteiger partial charge in [0.1, 0.15) is 16.3 Å². The van der Waals surface area contributed by atoms with E-state index in [-0.39, 0.29) is 5.56 Å². The molecule has 0 fully saturated rings. The second-order valence-electron chi connectivity index (χ2n) is 6.14. The quantitative estimate of drug-likeness (QED) is 0.489. The number of hydrogen-bond donors (Lipinski definition) is 0. The van der Waals surface area contributed by atoms with Crippen LogP contribution in [0.3, 0.4) is 0 Å². The van der Waals surface area contributed by atoms with Gasteiger partial charge >= 0.3 is 0 Å². The molecule has 136 valence electrons. The number of hydrogen-bond acceptors (Lipinski definition) is 5. The third-order valence-electron chi connectivity index (χ3n) is 4.43. The molecule has 0 bridgehead atoms. The number of nitrogens with zero attached hydrogens (tertiary/aromatic N) is 5. The lowest BCUT2D eigenvalue weighted by Gasteiger charge is -2.02. The lowest BCUT2D eigenvalue weighted by molar-refractivity contribution is 0.818. The zero-order valence-corrected chi connectivity index (χ0v) is 16.5. The van der Waals surface area contributed by atoms with Crippen molar-refractivity contribution in [1.82, 2.24) is 19.4 Å². The van der Waals surface area contributed by atoms with E-state index in [0.29, 0.717) is 16.1 Å². The van der Waals surface area contributed by atoms with Gasteiger partial charge in [0.15, 0.2) is 0 Å². The monoisotopic (exact) mass is 397 g/mol. The number of aryl methyl sites for hydroxylation is 3. The number of para-hydroxylation sites is 1. The molecule has 6 nitrogen and oxygen atoms in total. The summed E-state index contributed by atoms with van der Waals surface area (Å²) in [7, 11) is 0. The van der Waals surface area contributed by atoms with Crippen molar-refractivity contribution in [2.75, 3.05) is 0 Å². The van der Waals surface area contributed by atoms with E-state index in [4.69, 9.17) is 11.6 Å². The molecule has 0 saturated carbocycles. The van der Waals surface area contributed by atoms with Gasteiger partial charge in [-0.15, -0.1) is 11.3 Å². The van der Waals surface area contributed by atoms with Gasteiger partial charge in [-0.3, -0.25) is 4.79 Å². The third-order valence-corrected chi connectivity index (χ3v) is 5.91. The van der Waals surface area contributed by atoms with Crippen molar-refractivity contribution in [3.63, 3.8) is 0 Å². The zero-order chi connectivity index (χ0) is 19.1. The summed E-state index contributed by atoms with van der Waals surface area (Å²) in [6.45, 7) is 5.76. The molecule has 0 atom stereocenters. The van der Waals surface area contributed by atoms with Crippen LogP contribution in [0.25, 0.3) is 15.9 Å². The fourth-order valence-electron chi connectivity index (χ4n) is 2.83. The molecule has 4 rings (SSSR count). The smallest absolute Gasteiger partial charge is 0.267 e. The first-order chi connectivity index (χ1) is 13.0. The SMILES string of the molecule is Cc1nn(-c2ccccc2)c(Cl)c1/C=N/n1cnc2sc(C)c(C)c2c1=O. The highest BCUT2D eigenvalue weighted by Crippen LogP contribution is 2.25. The molecule has 3 heterocycles. The molecule has 0 N–H and O–H groups in total. The van der Waals surface area contributed by atoms with Crippen LogP contribution in [0.2, 0.25) is 5.15 Å². The molecule has 4 aromatic rings. The Balaban J connectivity index is 1.77. The minimum atomic E-state index is -0.192. The normalized spacial score (nSPS) is 11.7. The Morgan fingerprint density at radius 2 is 1.93 bits per heavy atom.